The number of nitrogens with one attached hydrogen (secondary N) is 1. The molecule has 1 unspecified atom stereocenters. The number of hydrogen-bond acceptors (Lipinski definition) is 5. The summed E-state index contributed by atoms with van der Waals surface area (Å²) in [5.74, 6) is 0. The first-order valence-electron chi connectivity index (χ1n) is 5.56. The van der Waals surface area contributed by atoms with Crippen LogP contribution in [0.2, 0.25) is 0 Å². The highest BCUT2D eigenvalue weighted by Crippen LogP contribution is 2.22. The Kier molecular flexibility index (Phi) is 5.73. The van der Waals surface area contributed by atoms with Gasteiger partial charge in [-0.05, 0) is 13.5 Å². The van der Waals surface area contributed by atoms with E-state index in [0.29, 0.717) is 6.04 Å². The first kappa shape index (κ1) is 13.4. The third-order valence-electron chi connectivity index (χ3n) is 2.46. The van der Waals surface area contributed by atoms with Gasteiger partial charge in [0.1, 0.15) is 0 Å². The first-order valence-corrected chi connectivity index (χ1v) is 6.37. The van der Waals surface area contributed by atoms with E-state index >= 15 is 0 Å². The molecule has 0 aliphatic carbocycles. The fourth-order valence-corrected chi connectivity index (χ4v) is 2.28. The molecular weight excluding hydrogens is 222 g/mol. The van der Waals surface area contributed by atoms with Gasteiger partial charge in [-0.25, -0.2) is 4.98 Å². The van der Waals surface area contributed by atoms with Gasteiger partial charge >= 0.3 is 0 Å². The predicted molar refractivity (Wildman–Crippen MR) is 69.2 cm³/mol. The van der Waals surface area contributed by atoms with Crippen LogP contribution in [0.15, 0.2) is 6.20 Å². The Morgan fingerprint density at radius 3 is 3.00 bits per heavy atom. The summed E-state index contributed by atoms with van der Waals surface area (Å²) in [6.45, 7) is 6.85. The zero-order chi connectivity index (χ0) is 12.0. The minimum Gasteiger partial charge on any atom is -0.383 e. The largest absolute Gasteiger partial charge is 0.383 e. The van der Waals surface area contributed by atoms with Crippen molar-refractivity contribution in [3.63, 3.8) is 0 Å². The van der Waals surface area contributed by atoms with Crippen molar-refractivity contribution in [2.75, 3.05) is 32.2 Å². The standard InChI is InChI=1S/C11H21N3OS/c1-5-12-6-10-7-13-11(16-10)14(3)9(2)8-15-4/h7,9,12H,5-6,8H2,1-4H3. The molecule has 0 fully saturated rings. The van der Waals surface area contributed by atoms with Crippen LogP contribution in [0.3, 0.4) is 0 Å². The molecule has 0 aromatic carbocycles. The van der Waals surface area contributed by atoms with Gasteiger partial charge in [-0.3, -0.25) is 0 Å². The zero-order valence-electron chi connectivity index (χ0n) is 10.5. The van der Waals surface area contributed by atoms with Crippen LogP contribution in [-0.4, -0.2) is 38.3 Å². The van der Waals surface area contributed by atoms with Crippen molar-refractivity contribution >= 4 is 16.5 Å². The topological polar surface area (TPSA) is 37.4 Å². The van der Waals surface area contributed by atoms with Crippen LogP contribution in [0.4, 0.5) is 5.13 Å². The lowest BCUT2D eigenvalue weighted by Crippen LogP contribution is -2.32. The monoisotopic (exact) mass is 243 g/mol. The minimum absolute atomic E-state index is 0.350. The summed E-state index contributed by atoms with van der Waals surface area (Å²) in [6.07, 6.45) is 1.94. The molecule has 1 aromatic rings. The van der Waals surface area contributed by atoms with Gasteiger partial charge in [0.25, 0.3) is 0 Å². The van der Waals surface area contributed by atoms with Gasteiger partial charge in [-0.1, -0.05) is 6.92 Å². The SMILES string of the molecule is CCNCc1cnc(N(C)C(C)COC)s1. The Morgan fingerprint density at radius 2 is 2.38 bits per heavy atom. The van der Waals surface area contributed by atoms with Crippen molar-refractivity contribution in [2.45, 2.75) is 26.4 Å². The summed E-state index contributed by atoms with van der Waals surface area (Å²) in [6, 6.07) is 0.350. The summed E-state index contributed by atoms with van der Waals surface area (Å²) >= 11 is 1.73. The number of ether oxygens (including phenoxy) is 1. The molecule has 0 saturated heterocycles. The Morgan fingerprint density at radius 1 is 1.62 bits per heavy atom. The molecule has 4 nitrogen and oxygen atoms in total. The molecule has 5 heteroatoms. The molecule has 0 bridgehead atoms. The van der Waals surface area contributed by atoms with Crippen LogP contribution in [0.1, 0.15) is 18.7 Å². The lowest BCUT2D eigenvalue weighted by atomic mass is 10.3. The van der Waals surface area contributed by atoms with Gasteiger partial charge < -0.3 is 15.0 Å². The van der Waals surface area contributed by atoms with Crippen molar-refractivity contribution in [1.82, 2.24) is 10.3 Å². The second-order valence-electron chi connectivity index (χ2n) is 3.80. The number of methoxy groups -OCH3 is 1. The number of rotatable bonds is 7. The van der Waals surface area contributed by atoms with E-state index in [1.54, 1.807) is 18.4 Å². The molecule has 0 spiro atoms. The molecular formula is C11H21N3OS. The van der Waals surface area contributed by atoms with Gasteiger partial charge in [0.2, 0.25) is 0 Å². The molecule has 0 amide bonds. The first-order chi connectivity index (χ1) is 7.69. The molecule has 1 rings (SSSR count). The number of aromatic nitrogens is 1. The minimum atomic E-state index is 0.350. The summed E-state index contributed by atoms with van der Waals surface area (Å²) in [5.41, 5.74) is 0. The van der Waals surface area contributed by atoms with Gasteiger partial charge in [-0.2, -0.15) is 0 Å². The maximum absolute atomic E-state index is 5.14. The highest BCUT2D eigenvalue weighted by atomic mass is 32.1. The maximum atomic E-state index is 5.14. The van der Waals surface area contributed by atoms with Crippen LogP contribution < -0.4 is 10.2 Å². The number of anilines is 1. The van der Waals surface area contributed by atoms with Gasteiger partial charge in [-0.15, -0.1) is 11.3 Å². The van der Waals surface area contributed by atoms with E-state index in [0.717, 1.165) is 24.8 Å². The van der Waals surface area contributed by atoms with Gasteiger partial charge in [0.05, 0.1) is 12.6 Å². The Labute approximate surface area is 102 Å². The maximum Gasteiger partial charge on any atom is 0.185 e. The fraction of sp³-hybridized carbons (Fsp3) is 0.727. The number of nitrogens with zero attached hydrogens (tertiary/aromatic N) is 2. The molecule has 0 aliphatic rings. The lowest BCUT2D eigenvalue weighted by molar-refractivity contribution is 0.183. The smallest absolute Gasteiger partial charge is 0.185 e. The van der Waals surface area contributed by atoms with Crippen molar-refractivity contribution < 1.29 is 4.74 Å². The second kappa shape index (κ2) is 6.83. The van der Waals surface area contributed by atoms with Crippen LogP contribution in [0.25, 0.3) is 0 Å². The van der Waals surface area contributed by atoms with Crippen molar-refractivity contribution in [3.8, 4) is 0 Å². The van der Waals surface area contributed by atoms with E-state index in [1.165, 1.54) is 4.88 Å². The summed E-state index contributed by atoms with van der Waals surface area (Å²) < 4.78 is 5.14. The summed E-state index contributed by atoms with van der Waals surface area (Å²) in [7, 11) is 3.78. The number of likely N-dealkylation sites (N-methyl/N-ethyl adjacent to an activating group) is 1. The quantitative estimate of drug-likeness (QED) is 0.791. The molecule has 0 radical (unpaired) electrons. The van der Waals surface area contributed by atoms with E-state index in [1.807, 2.05) is 6.20 Å². The van der Waals surface area contributed by atoms with Crippen molar-refractivity contribution in [3.05, 3.63) is 11.1 Å². The Bertz CT molecular complexity index is 303. The Hall–Kier alpha value is -0.650. The molecule has 1 atom stereocenters. The molecule has 1 aromatic heterocycles. The normalized spacial score (nSPS) is 12.8. The summed E-state index contributed by atoms with van der Waals surface area (Å²) in [5, 5.41) is 4.35. The van der Waals surface area contributed by atoms with E-state index < -0.39 is 0 Å². The number of hydrogen-bond donors (Lipinski definition) is 1. The molecule has 0 aliphatic heterocycles. The van der Waals surface area contributed by atoms with Crippen molar-refractivity contribution in [2.24, 2.45) is 0 Å². The van der Waals surface area contributed by atoms with Crippen LogP contribution >= 0.6 is 11.3 Å². The second-order valence-corrected chi connectivity index (χ2v) is 4.90. The highest BCUT2D eigenvalue weighted by Gasteiger charge is 2.13. The van der Waals surface area contributed by atoms with Gasteiger partial charge in [0, 0.05) is 31.8 Å². The van der Waals surface area contributed by atoms with E-state index in [-0.39, 0.29) is 0 Å². The van der Waals surface area contributed by atoms with E-state index in [9.17, 15) is 0 Å². The molecule has 16 heavy (non-hydrogen) atoms. The Balaban J connectivity index is 2.55. The summed E-state index contributed by atoms with van der Waals surface area (Å²) in [4.78, 5) is 7.85. The predicted octanol–water partition coefficient (Wildman–Crippen LogP) is 1.72. The average Bonchev–Trinajstić information content (AvgIpc) is 2.74. The van der Waals surface area contributed by atoms with Crippen LogP contribution in [0, 0.1) is 0 Å². The molecule has 92 valence electrons. The third kappa shape index (κ3) is 3.73. The van der Waals surface area contributed by atoms with E-state index in [4.69, 9.17) is 4.74 Å². The zero-order valence-corrected chi connectivity index (χ0v) is 11.3. The molecule has 1 N–H and O–H groups in total. The van der Waals surface area contributed by atoms with E-state index in [2.05, 4.69) is 36.1 Å². The average molecular weight is 243 g/mol. The lowest BCUT2D eigenvalue weighted by Gasteiger charge is -2.23. The molecule has 0 saturated carbocycles. The molecule has 1 heterocycles. The van der Waals surface area contributed by atoms with Crippen LogP contribution in [-0.2, 0) is 11.3 Å². The number of thiazole rings is 1. The highest BCUT2D eigenvalue weighted by molar-refractivity contribution is 7.15. The van der Waals surface area contributed by atoms with Gasteiger partial charge in [0.15, 0.2) is 5.13 Å². The third-order valence-corrected chi connectivity index (χ3v) is 3.55. The van der Waals surface area contributed by atoms with Crippen LogP contribution in [0.5, 0.6) is 0 Å². The van der Waals surface area contributed by atoms with Crippen molar-refractivity contribution in [1.29, 1.82) is 0 Å². The fourth-order valence-electron chi connectivity index (χ4n) is 1.33.